The smallest absolute Gasteiger partial charge is 0.280 e. The molecule has 3 nitrogen and oxygen atoms in total. The number of hydrogen-bond donors (Lipinski definition) is 0. The van der Waals surface area contributed by atoms with Gasteiger partial charge < -0.3 is 14.2 Å². The highest BCUT2D eigenvalue weighted by atomic mass is 32.2. The first-order valence-electron chi connectivity index (χ1n) is 7.15. The summed E-state index contributed by atoms with van der Waals surface area (Å²) in [6.45, 7) is 8.39. The fourth-order valence-corrected chi connectivity index (χ4v) is 4.09. The predicted molar refractivity (Wildman–Crippen MR) is 79.7 cm³/mol. The number of hydrogen-bond acceptors (Lipinski definition) is 4. The SMILES string of the molecule is C[C@@H]1OC2(C)OC1C[C@@H](C(C)(C)Sc1ccccc1)O2. The van der Waals surface area contributed by atoms with Gasteiger partial charge in [0, 0.05) is 23.0 Å². The van der Waals surface area contributed by atoms with E-state index >= 15 is 0 Å². The van der Waals surface area contributed by atoms with E-state index in [1.54, 1.807) is 0 Å². The molecule has 0 aromatic heterocycles. The molecule has 0 N–H and O–H groups in total. The average molecular weight is 294 g/mol. The summed E-state index contributed by atoms with van der Waals surface area (Å²) in [7, 11) is 0. The number of rotatable bonds is 3. The lowest BCUT2D eigenvalue weighted by molar-refractivity contribution is -0.367. The molecular formula is C16H22O3S. The lowest BCUT2D eigenvalue weighted by atomic mass is 9.97. The first-order chi connectivity index (χ1) is 9.38. The Morgan fingerprint density at radius 3 is 2.50 bits per heavy atom. The highest BCUT2D eigenvalue weighted by Crippen LogP contribution is 2.46. The summed E-state index contributed by atoms with van der Waals surface area (Å²) in [4.78, 5) is 1.26. The number of benzene rings is 1. The molecule has 2 aliphatic heterocycles. The van der Waals surface area contributed by atoms with E-state index < -0.39 is 5.97 Å². The normalized spacial score (nSPS) is 37.1. The molecule has 2 saturated heterocycles. The molecule has 0 saturated carbocycles. The maximum Gasteiger partial charge on any atom is 0.280 e. The van der Waals surface area contributed by atoms with E-state index in [1.807, 2.05) is 24.8 Å². The largest absolute Gasteiger partial charge is 0.323 e. The predicted octanol–water partition coefficient (Wildman–Crippen LogP) is 3.82. The third-order valence-electron chi connectivity index (χ3n) is 3.99. The van der Waals surface area contributed by atoms with Crippen molar-refractivity contribution in [1.29, 1.82) is 0 Å². The van der Waals surface area contributed by atoms with Gasteiger partial charge >= 0.3 is 0 Å². The number of thioether (sulfide) groups is 1. The standard InChI is InChI=1S/C16H22O3S/c1-11-13-10-14(19-16(4,17-11)18-13)15(2,3)20-12-8-6-5-7-9-12/h5-9,11,13-14H,10H2,1-4H3/t11-,13?,14-,16?/m0/s1. The van der Waals surface area contributed by atoms with Crippen LogP contribution in [0.1, 0.15) is 34.1 Å². The van der Waals surface area contributed by atoms with Crippen LogP contribution in [0.2, 0.25) is 0 Å². The summed E-state index contributed by atoms with van der Waals surface area (Å²) in [5.41, 5.74) is 0. The van der Waals surface area contributed by atoms with E-state index in [9.17, 15) is 0 Å². The van der Waals surface area contributed by atoms with E-state index in [1.165, 1.54) is 4.90 Å². The van der Waals surface area contributed by atoms with Crippen molar-refractivity contribution in [2.45, 2.75) is 68.0 Å². The van der Waals surface area contributed by atoms with Gasteiger partial charge in [-0.2, -0.15) is 0 Å². The van der Waals surface area contributed by atoms with Crippen LogP contribution in [0, 0.1) is 0 Å². The van der Waals surface area contributed by atoms with Crippen LogP contribution in [0.4, 0.5) is 0 Å². The van der Waals surface area contributed by atoms with E-state index in [0.717, 1.165) is 6.42 Å². The molecule has 4 heteroatoms. The molecule has 0 aliphatic carbocycles. The van der Waals surface area contributed by atoms with Crippen molar-refractivity contribution in [2.75, 3.05) is 0 Å². The Balaban J connectivity index is 1.75. The van der Waals surface area contributed by atoms with E-state index in [0.29, 0.717) is 0 Å². The third-order valence-corrected chi connectivity index (χ3v) is 5.29. The van der Waals surface area contributed by atoms with Crippen LogP contribution >= 0.6 is 11.8 Å². The van der Waals surface area contributed by atoms with Crippen LogP contribution < -0.4 is 0 Å². The van der Waals surface area contributed by atoms with Gasteiger partial charge in [-0.1, -0.05) is 18.2 Å². The van der Waals surface area contributed by atoms with Crippen LogP contribution in [0.5, 0.6) is 0 Å². The average Bonchev–Trinajstić information content (AvgIpc) is 2.58. The molecule has 0 radical (unpaired) electrons. The van der Waals surface area contributed by atoms with Gasteiger partial charge in [-0.25, -0.2) is 0 Å². The topological polar surface area (TPSA) is 27.7 Å². The highest BCUT2D eigenvalue weighted by Gasteiger charge is 2.53. The Bertz CT molecular complexity index is 472. The van der Waals surface area contributed by atoms with Gasteiger partial charge in [0.25, 0.3) is 5.97 Å². The van der Waals surface area contributed by atoms with Crippen molar-refractivity contribution in [3.63, 3.8) is 0 Å². The van der Waals surface area contributed by atoms with Crippen molar-refractivity contribution in [2.24, 2.45) is 0 Å². The van der Waals surface area contributed by atoms with E-state index in [4.69, 9.17) is 14.2 Å². The summed E-state index contributed by atoms with van der Waals surface area (Å²) in [5, 5.41) is 0. The molecule has 2 heterocycles. The maximum absolute atomic E-state index is 6.11. The Morgan fingerprint density at radius 2 is 1.85 bits per heavy atom. The summed E-state index contributed by atoms with van der Waals surface area (Å²) in [5.74, 6) is -0.873. The molecule has 2 bridgehead atoms. The molecule has 0 amide bonds. The van der Waals surface area contributed by atoms with Gasteiger partial charge in [-0.05, 0) is 32.9 Å². The second-order valence-corrected chi connectivity index (χ2v) is 7.93. The molecule has 2 aliphatic rings. The first-order valence-corrected chi connectivity index (χ1v) is 7.97. The highest BCUT2D eigenvalue weighted by molar-refractivity contribution is 8.00. The number of ether oxygens (including phenoxy) is 3. The van der Waals surface area contributed by atoms with Gasteiger partial charge in [-0.3, -0.25) is 0 Å². The van der Waals surface area contributed by atoms with Gasteiger partial charge in [-0.15, -0.1) is 11.8 Å². The molecule has 110 valence electrons. The maximum atomic E-state index is 6.11. The molecule has 1 aromatic carbocycles. The minimum absolute atomic E-state index is 0.0297. The van der Waals surface area contributed by atoms with Crippen LogP contribution in [-0.2, 0) is 14.2 Å². The summed E-state index contributed by atoms with van der Waals surface area (Å²) < 4.78 is 17.7. The van der Waals surface area contributed by atoms with E-state index in [2.05, 4.69) is 45.0 Å². The van der Waals surface area contributed by atoms with Crippen LogP contribution in [0.25, 0.3) is 0 Å². The Morgan fingerprint density at radius 1 is 1.15 bits per heavy atom. The molecule has 2 fully saturated rings. The molecular weight excluding hydrogens is 272 g/mol. The molecule has 1 aromatic rings. The van der Waals surface area contributed by atoms with Crippen molar-refractivity contribution in [1.82, 2.24) is 0 Å². The second kappa shape index (κ2) is 5.02. The first kappa shape index (κ1) is 14.4. The quantitative estimate of drug-likeness (QED) is 0.792. The zero-order valence-electron chi connectivity index (χ0n) is 12.5. The van der Waals surface area contributed by atoms with Gasteiger partial charge in [0.1, 0.15) is 0 Å². The molecule has 20 heavy (non-hydrogen) atoms. The lowest BCUT2D eigenvalue weighted by Crippen LogP contribution is -2.48. The van der Waals surface area contributed by atoms with E-state index in [-0.39, 0.29) is 23.1 Å². The second-order valence-electron chi connectivity index (χ2n) is 6.20. The van der Waals surface area contributed by atoms with Gasteiger partial charge in [0.15, 0.2) is 0 Å². The van der Waals surface area contributed by atoms with Crippen LogP contribution in [0.15, 0.2) is 35.2 Å². The Labute approximate surface area is 125 Å². The van der Waals surface area contributed by atoms with Crippen LogP contribution in [-0.4, -0.2) is 29.0 Å². The molecule has 3 rings (SSSR count). The van der Waals surface area contributed by atoms with Crippen molar-refractivity contribution in [3.8, 4) is 0 Å². The molecule has 4 atom stereocenters. The Hall–Kier alpha value is -0.550. The summed E-state index contributed by atoms with van der Waals surface area (Å²) in [6, 6.07) is 10.5. The molecule has 2 unspecified atom stereocenters. The minimum Gasteiger partial charge on any atom is -0.323 e. The van der Waals surface area contributed by atoms with Crippen LogP contribution in [0.3, 0.4) is 0 Å². The zero-order chi connectivity index (χ0) is 14.4. The number of fused-ring (bicyclic) bond motifs is 2. The third kappa shape index (κ3) is 2.75. The van der Waals surface area contributed by atoms with Gasteiger partial charge in [0.05, 0.1) is 18.3 Å². The lowest BCUT2D eigenvalue weighted by Gasteiger charge is -2.41. The monoisotopic (exact) mass is 294 g/mol. The van der Waals surface area contributed by atoms with Gasteiger partial charge in [0.2, 0.25) is 0 Å². The fraction of sp³-hybridized carbons (Fsp3) is 0.625. The summed E-state index contributed by atoms with van der Waals surface area (Å²) >= 11 is 1.85. The summed E-state index contributed by atoms with van der Waals surface area (Å²) in [6.07, 6.45) is 1.22. The van der Waals surface area contributed by atoms with Crippen molar-refractivity contribution in [3.05, 3.63) is 30.3 Å². The Kier molecular flexibility index (Phi) is 3.61. The molecule has 0 spiro atoms. The zero-order valence-corrected chi connectivity index (χ0v) is 13.3. The minimum atomic E-state index is -0.873. The van der Waals surface area contributed by atoms with Crippen molar-refractivity contribution >= 4 is 11.8 Å². The fourth-order valence-electron chi connectivity index (χ4n) is 2.91. The van der Waals surface area contributed by atoms with Crippen molar-refractivity contribution < 1.29 is 14.2 Å².